The fraction of sp³-hybridized carbons (Fsp3) is 0.385. The van der Waals surface area contributed by atoms with Gasteiger partial charge >= 0.3 is 0 Å². The molecule has 9 nitrogen and oxygen atoms in total. The smallest absolute Gasteiger partial charge is 0.227 e. The number of hydrogen-bond donors (Lipinski definition) is 1. The summed E-state index contributed by atoms with van der Waals surface area (Å²) in [6, 6.07) is 12.4. The van der Waals surface area contributed by atoms with Gasteiger partial charge in [-0.25, -0.2) is 15.0 Å². The standard InChI is InChI=1S/C26H28ClN7O2/c1-17(35)33-15-21-13-20(33)16-34(21)24-4-3-19(12-22(24)27)30-26-28-7-6-23(31-26)18-2-5-25(29-14-18)32-8-10-36-11-9-32/h2-7,12,14,20-21H,8-11,13,15-16H2,1H3,(H,28,30,31). The van der Waals surface area contributed by atoms with Crippen LogP contribution in [0.5, 0.6) is 0 Å². The van der Waals surface area contributed by atoms with Crippen LogP contribution in [0.1, 0.15) is 13.3 Å². The first kappa shape index (κ1) is 23.0. The number of ether oxygens (including phenoxy) is 1. The first-order valence-electron chi connectivity index (χ1n) is 12.3. The minimum absolute atomic E-state index is 0.152. The molecule has 2 atom stereocenters. The lowest BCUT2D eigenvalue weighted by Crippen LogP contribution is -2.48. The maximum Gasteiger partial charge on any atom is 0.227 e. The fourth-order valence-corrected chi connectivity index (χ4v) is 5.68. The van der Waals surface area contributed by atoms with E-state index in [2.05, 4.69) is 30.1 Å². The molecule has 3 fully saturated rings. The van der Waals surface area contributed by atoms with Crippen molar-refractivity contribution in [3.8, 4) is 11.3 Å². The van der Waals surface area contributed by atoms with Gasteiger partial charge in [0.2, 0.25) is 11.9 Å². The summed E-state index contributed by atoms with van der Waals surface area (Å²) in [4.78, 5) is 32.0. The molecule has 0 spiro atoms. The first-order valence-corrected chi connectivity index (χ1v) is 12.7. The number of anilines is 4. The second kappa shape index (κ2) is 9.55. The van der Waals surface area contributed by atoms with Crippen molar-refractivity contribution in [2.24, 2.45) is 0 Å². The lowest BCUT2D eigenvalue weighted by atomic mass is 10.2. The summed E-state index contributed by atoms with van der Waals surface area (Å²) >= 11 is 6.69. The summed E-state index contributed by atoms with van der Waals surface area (Å²) in [5.74, 6) is 1.59. The zero-order valence-electron chi connectivity index (χ0n) is 20.1. The maximum atomic E-state index is 11.8. The number of carbonyl (C=O) groups is 1. The van der Waals surface area contributed by atoms with E-state index in [0.29, 0.717) is 17.0 Å². The minimum atomic E-state index is 0.152. The molecule has 6 rings (SSSR count). The highest BCUT2D eigenvalue weighted by Crippen LogP contribution is 2.39. The van der Waals surface area contributed by atoms with Gasteiger partial charge < -0.3 is 24.8 Å². The average Bonchev–Trinajstić information content (AvgIpc) is 3.51. The number of rotatable bonds is 5. The largest absolute Gasteiger partial charge is 0.378 e. The lowest BCUT2D eigenvalue weighted by molar-refractivity contribution is -0.129. The number of nitrogens with one attached hydrogen (secondary N) is 1. The van der Waals surface area contributed by atoms with Crippen LogP contribution >= 0.6 is 11.6 Å². The van der Waals surface area contributed by atoms with Crippen molar-refractivity contribution in [3.63, 3.8) is 0 Å². The summed E-state index contributed by atoms with van der Waals surface area (Å²) in [6.07, 6.45) is 4.58. The molecule has 1 amide bonds. The molecule has 0 saturated carbocycles. The van der Waals surface area contributed by atoms with Crippen LogP contribution in [-0.4, -0.2) is 77.2 Å². The van der Waals surface area contributed by atoms with Crippen LogP contribution in [0.3, 0.4) is 0 Å². The van der Waals surface area contributed by atoms with Crippen LogP contribution < -0.4 is 15.1 Å². The van der Waals surface area contributed by atoms with E-state index in [1.165, 1.54) is 0 Å². The van der Waals surface area contributed by atoms with E-state index in [1.807, 2.05) is 47.5 Å². The summed E-state index contributed by atoms with van der Waals surface area (Å²) in [5, 5.41) is 3.94. The molecule has 3 aliphatic rings. The van der Waals surface area contributed by atoms with Gasteiger partial charge in [0.25, 0.3) is 0 Å². The Hall–Kier alpha value is -3.43. The number of pyridine rings is 1. The van der Waals surface area contributed by atoms with Crippen molar-refractivity contribution in [1.82, 2.24) is 19.9 Å². The summed E-state index contributed by atoms with van der Waals surface area (Å²) < 4.78 is 5.42. The first-order chi connectivity index (χ1) is 17.5. The molecule has 5 heterocycles. The third-order valence-corrected chi connectivity index (χ3v) is 7.50. The Bertz CT molecular complexity index is 1270. The van der Waals surface area contributed by atoms with E-state index in [-0.39, 0.29) is 11.9 Å². The number of piperazine rings is 1. The van der Waals surface area contributed by atoms with Gasteiger partial charge in [0.05, 0.1) is 35.7 Å². The summed E-state index contributed by atoms with van der Waals surface area (Å²) in [7, 11) is 0. The highest BCUT2D eigenvalue weighted by Gasteiger charge is 2.44. The molecule has 10 heteroatoms. The molecule has 2 aromatic heterocycles. The van der Waals surface area contributed by atoms with E-state index in [1.54, 1.807) is 13.1 Å². The Morgan fingerprint density at radius 3 is 2.64 bits per heavy atom. The van der Waals surface area contributed by atoms with Gasteiger partial charge in [-0.05, 0) is 42.8 Å². The van der Waals surface area contributed by atoms with E-state index < -0.39 is 0 Å². The minimum Gasteiger partial charge on any atom is -0.378 e. The number of aromatic nitrogens is 3. The zero-order valence-corrected chi connectivity index (χ0v) is 20.9. The van der Waals surface area contributed by atoms with E-state index >= 15 is 0 Å². The molecular formula is C26H28ClN7O2. The number of morpholine rings is 1. The highest BCUT2D eigenvalue weighted by atomic mass is 35.5. The zero-order chi connectivity index (χ0) is 24.6. The Labute approximate surface area is 215 Å². The topological polar surface area (TPSA) is 86.7 Å². The van der Waals surface area contributed by atoms with Crippen molar-refractivity contribution in [1.29, 1.82) is 0 Å². The Kier molecular flexibility index (Phi) is 6.10. The van der Waals surface area contributed by atoms with E-state index in [4.69, 9.17) is 16.3 Å². The number of fused-ring (bicyclic) bond motifs is 2. The maximum absolute atomic E-state index is 11.8. The monoisotopic (exact) mass is 505 g/mol. The predicted octanol–water partition coefficient (Wildman–Crippen LogP) is 3.58. The van der Waals surface area contributed by atoms with Crippen molar-refractivity contribution in [2.45, 2.75) is 25.4 Å². The van der Waals surface area contributed by atoms with Crippen LogP contribution in [-0.2, 0) is 9.53 Å². The molecule has 0 aliphatic carbocycles. The molecule has 1 N–H and O–H groups in total. The molecule has 2 bridgehead atoms. The van der Waals surface area contributed by atoms with Crippen molar-refractivity contribution in [2.75, 3.05) is 54.5 Å². The van der Waals surface area contributed by atoms with Gasteiger partial charge in [0, 0.05) is 62.8 Å². The quantitative estimate of drug-likeness (QED) is 0.563. The van der Waals surface area contributed by atoms with E-state index in [0.717, 1.165) is 74.3 Å². The van der Waals surface area contributed by atoms with Gasteiger partial charge in [-0.3, -0.25) is 4.79 Å². The number of nitrogens with zero attached hydrogens (tertiary/aromatic N) is 6. The molecule has 36 heavy (non-hydrogen) atoms. The van der Waals surface area contributed by atoms with Crippen LogP contribution in [0.15, 0.2) is 48.8 Å². The second-order valence-corrected chi connectivity index (χ2v) is 9.84. The van der Waals surface area contributed by atoms with E-state index in [9.17, 15) is 4.79 Å². The lowest BCUT2D eigenvalue weighted by Gasteiger charge is -2.35. The van der Waals surface area contributed by atoms with Gasteiger partial charge in [-0.15, -0.1) is 0 Å². The highest BCUT2D eigenvalue weighted by molar-refractivity contribution is 6.33. The normalized spacial score (nSPS) is 21.2. The molecule has 1 aromatic carbocycles. The van der Waals surface area contributed by atoms with Crippen LogP contribution in [0, 0.1) is 0 Å². The van der Waals surface area contributed by atoms with Gasteiger partial charge in [-0.1, -0.05) is 11.6 Å². The molecular weight excluding hydrogens is 478 g/mol. The Balaban J connectivity index is 1.14. The number of hydrogen-bond acceptors (Lipinski definition) is 8. The predicted molar refractivity (Wildman–Crippen MR) is 140 cm³/mol. The van der Waals surface area contributed by atoms with Gasteiger partial charge in [0.1, 0.15) is 5.82 Å². The molecule has 186 valence electrons. The fourth-order valence-electron chi connectivity index (χ4n) is 5.39. The third-order valence-electron chi connectivity index (χ3n) is 7.19. The van der Waals surface area contributed by atoms with Crippen molar-refractivity contribution >= 4 is 40.6 Å². The molecule has 3 aromatic rings. The van der Waals surface area contributed by atoms with Crippen LogP contribution in [0.4, 0.5) is 23.1 Å². The SMILES string of the molecule is CC(=O)N1CC2CC1CN2c1ccc(Nc2nccc(-c3ccc(N4CCOCC4)nc3)n2)cc1Cl. The number of likely N-dealkylation sites (tertiary alicyclic amines) is 1. The molecule has 0 radical (unpaired) electrons. The Morgan fingerprint density at radius 2 is 1.94 bits per heavy atom. The molecule has 3 aliphatic heterocycles. The van der Waals surface area contributed by atoms with Gasteiger partial charge in [-0.2, -0.15) is 0 Å². The van der Waals surface area contributed by atoms with Gasteiger partial charge in [0.15, 0.2) is 0 Å². The Morgan fingerprint density at radius 1 is 1.08 bits per heavy atom. The number of carbonyl (C=O) groups excluding carboxylic acids is 1. The third kappa shape index (κ3) is 4.44. The number of amides is 1. The molecule has 2 unspecified atom stereocenters. The van der Waals surface area contributed by atoms with Crippen LogP contribution in [0.25, 0.3) is 11.3 Å². The molecule has 3 saturated heterocycles. The van der Waals surface area contributed by atoms with Crippen LogP contribution in [0.2, 0.25) is 5.02 Å². The number of halogens is 1. The summed E-state index contributed by atoms with van der Waals surface area (Å²) in [5.41, 5.74) is 3.53. The second-order valence-electron chi connectivity index (χ2n) is 9.43. The van der Waals surface area contributed by atoms with Crippen molar-refractivity contribution < 1.29 is 9.53 Å². The van der Waals surface area contributed by atoms with Crippen molar-refractivity contribution in [3.05, 3.63) is 53.8 Å². The summed E-state index contributed by atoms with van der Waals surface area (Å²) in [6.45, 7) is 6.39. The average molecular weight is 506 g/mol. The number of benzene rings is 1.